The van der Waals surface area contributed by atoms with Crippen molar-refractivity contribution in [1.82, 2.24) is 5.32 Å². The molecular weight excluding hydrogens is 270 g/mol. The van der Waals surface area contributed by atoms with E-state index in [1.807, 2.05) is 0 Å². The third-order valence-corrected chi connectivity index (χ3v) is 4.47. The van der Waals surface area contributed by atoms with Gasteiger partial charge in [-0.2, -0.15) is 0 Å². The van der Waals surface area contributed by atoms with Gasteiger partial charge in [-0.3, -0.25) is 9.59 Å². The molecule has 1 aromatic carbocycles. The van der Waals surface area contributed by atoms with Crippen molar-refractivity contribution in [2.24, 2.45) is 5.41 Å². The molecular formula is C16H21NO4. The normalized spacial score (nSPS) is 25.3. The van der Waals surface area contributed by atoms with E-state index < -0.39 is 11.4 Å². The van der Waals surface area contributed by atoms with E-state index in [2.05, 4.69) is 5.32 Å². The molecule has 1 amide bonds. The average molecular weight is 291 g/mol. The first-order valence-electron chi connectivity index (χ1n) is 7.18. The zero-order chi connectivity index (χ0) is 15.6. The Morgan fingerprint density at radius 3 is 2.67 bits per heavy atom. The molecule has 0 aromatic heterocycles. The van der Waals surface area contributed by atoms with Gasteiger partial charge in [-0.25, -0.2) is 0 Å². The zero-order valence-electron chi connectivity index (χ0n) is 12.3. The summed E-state index contributed by atoms with van der Waals surface area (Å²) in [5, 5.41) is 21.9. The fraction of sp³-hybridized carbons (Fsp3) is 0.500. The number of phenols is 1. The first-order valence-corrected chi connectivity index (χ1v) is 7.18. The predicted molar refractivity (Wildman–Crippen MR) is 78.3 cm³/mol. The lowest BCUT2D eigenvalue weighted by molar-refractivity contribution is -0.151. The summed E-state index contributed by atoms with van der Waals surface area (Å²) in [5.74, 6) is -1.16. The van der Waals surface area contributed by atoms with Crippen LogP contribution in [0.4, 0.5) is 0 Å². The number of phenolic OH excluding ortho intramolecular Hbond substituents is 1. The third-order valence-electron chi connectivity index (χ3n) is 4.47. The molecule has 1 saturated carbocycles. The molecule has 1 aliphatic rings. The van der Waals surface area contributed by atoms with Crippen molar-refractivity contribution in [3.05, 3.63) is 29.3 Å². The van der Waals surface area contributed by atoms with Gasteiger partial charge in [0.2, 0.25) is 0 Å². The number of carboxylic acids is 1. The zero-order valence-corrected chi connectivity index (χ0v) is 12.3. The maximum atomic E-state index is 12.3. The Hall–Kier alpha value is -2.04. The van der Waals surface area contributed by atoms with Crippen molar-refractivity contribution in [1.29, 1.82) is 0 Å². The number of aromatic hydroxyl groups is 1. The van der Waals surface area contributed by atoms with Crippen LogP contribution in [-0.2, 0) is 4.79 Å². The lowest BCUT2D eigenvalue weighted by Gasteiger charge is -2.38. The number of amides is 1. The van der Waals surface area contributed by atoms with Crippen molar-refractivity contribution in [3.8, 4) is 5.75 Å². The molecule has 1 aliphatic carbocycles. The van der Waals surface area contributed by atoms with Gasteiger partial charge in [-0.15, -0.1) is 0 Å². The van der Waals surface area contributed by atoms with E-state index >= 15 is 0 Å². The van der Waals surface area contributed by atoms with Crippen LogP contribution in [0.5, 0.6) is 5.75 Å². The number of hydrogen-bond donors (Lipinski definition) is 3. The summed E-state index contributed by atoms with van der Waals surface area (Å²) in [7, 11) is 0. The SMILES string of the molecule is Cc1ccc(C(=O)NC2CCCCC2(C)C(=O)O)cc1O. The number of carboxylic acid groups (broad SMARTS) is 1. The van der Waals surface area contributed by atoms with Gasteiger partial charge in [0.05, 0.1) is 5.41 Å². The fourth-order valence-electron chi connectivity index (χ4n) is 2.81. The summed E-state index contributed by atoms with van der Waals surface area (Å²) in [4.78, 5) is 23.8. The van der Waals surface area contributed by atoms with E-state index in [1.165, 1.54) is 6.07 Å². The van der Waals surface area contributed by atoms with Crippen molar-refractivity contribution >= 4 is 11.9 Å². The van der Waals surface area contributed by atoms with Crippen molar-refractivity contribution in [3.63, 3.8) is 0 Å². The molecule has 5 heteroatoms. The fourth-order valence-corrected chi connectivity index (χ4v) is 2.81. The Bertz CT molecular complexity index is 569. The van der Waals surface area contributed by atoms with Crippen LogP contribution in [-0.4, -0.2) is 28.1 Å². The molecule has 0 saturated heterocycles. The van der Waals surface area contributed by atoms with E-state index in [4.69, 9.17) is 0 Å². The number of aryl methyl sites for hydroxylation is 1. The number of rotatable bonds is 3. The monoisotopic (exact) mass is 291 g/mol. The molecule has 2 unspecified atom stereocenters. The molecule has 2 atom stereocenters. The van der Waals surface area contributed by atoms with E-state index in [0.29, 0.717) is 24.0 Å². The van der Waals surface area contributed by atoms with Gasteiger partial charge in [0.15, 0.2) is 0 Å². The third kappa shape index (κ3) is 3.01. The van der Waals surface area contributed by atoms with Crippen molar-refractivity contribution < 1.29 is 19.8 Å². The Morgan fingerprint density at radius 2 is 2.05 bits per heavy atom. The highest BCUT2D eigenvalue weighted by molar-refractivity contribution is 5.95. The minimum atomic E-state index is -0.930. The minimum absolute atomic E-state index is 0.0623. The van der Waals surface area contributed by atoms with Crippen molar-refractivity contribution in [2.75, 3.05) is 0 Å². The summed E-state index contributed by atoms with van der Waals surface area (Å²) < 4.78 is 0. The molecule has 0 heterocycles. The maximum absolute atomic E-state index is 12.3. The van der Waals surface area contributed by atoms with Gasteiger partial charge in [-0.05, 0) is 44.4 Å². The molecule has 21 heavy (non-hydrogen) atoms. The lowest BCUT2D eigenvalue weighted by Crippen LogP contribution is -2.52. The smallest absolute Gasteiger partial charge is 0.311 e. The van der Waals surface area contributed by atoms with Gasteiger partial charge in [0, 0.05) is 11.6 Å². The summed E-state index contributed by atoms with van der Waals surface area (Å²) in [6.45, 7) is 3.44. The highest BCUT2D eigenvalue weighted by atomic mass is 16.4. The lowest BCUT2D eigenvalue weighted by atomic mass is 9.71. The topological polar surface area (TPSA) is 86.6 Å². The molecule has 0 bridgehead atoms. The van der Waals surface area contributed by atoms with E-state index in [-0.39, 0.29) is 17.7 Å². The molecule has 3 N–H and O–H groups in total. The number of nitrogens with one attached hydrogen (secondary N) is 1. The van der Waals surface area contributed by atoms with E-state index in [9.17, 15) is 19.8 Å². The van der Waals surface area contributed by atoms with Crippen LogP contribution in [0.15, 0.2) is 18.2 Å². The number of benzene rings is 1. The van der Waals surface area contributed by atoms with Crippen LogP contribution in [0.25, 0.3) is 0 Å². The van der Waals surface area contributed by atoms with Gasteiger partial charge in [-0.1, -0.05) is 18.9 Å². The van der Waals surface area contributed by atoms with Gasteiger partial charge in [0.1, 0.15) is 5.75 Å². The highest BCUT2D eigenvalue weighted by Crippen LogP contribution is 2.36. The van der Waals surface area contributed by atoms with Crippen LogP contribution in [0, 0.1) is 12.3 Å². The number of aliphatic carboxylic acids is 1. The van der Waals surface area contributed by atoms with Crippen molar-refractivity contribution in [2.45, 2.75) is 45.6 Å². The molecule has 0 radical (unpaired) electrons. The average Bonchev–Trinajstić information content (AvgIpc) is 2.44. The first kappa shape index (κ1) is 15.4. The second-order valence-electron chi connectivity index (χ2n) is 6.00. The summed E-state index contributed by atoms with van der Waals surface area (Å²) in [5.41, 5.74) is 0.108. The number of hydrogen-bond acceptors (Lipinski definition) is 3. The maximum Gasteiger partial charge on any atom is 0.311 e. The van der Waals surface area contributed by atoms with Crippen LogP contribution in [0.2, 0.25) is 0 Å². The molecule has 1 fully saturated rings. The second kappa shape index (κ2) is 5.76. The Balaban J connectivity index is 2.17. The Labute approximate surface area is 124 Å². The molecule has 2 rings (SSSR count). The van der Waals surface area contributed by atoms with Crippen LogP contribution < -0.4 is 5.32 Å². The van der Waals surface area contributed by atoms with Crippen LogP contribution >= 0.6 is 0 Å². The Morgan fingerprint density at radius 1 is 1.33 bits per heavy atom. The molecule has 114 valence electrons. The molecule has 5 nitrogen and oxygen atoms in total. The van der Waals surface area contributed by atoms with Gasteiger partial charge in [0.25, 0.3) is 5.91 Å². The van der Waals surface area contributed by atoms with E-state index in [1.54, 1.807) is 26.0 Å². The number of carbonyl (C=O) groups excluding carboxylic acids is 1. The molecule has 0 aliphatic heterocycles. The Kier molecular flexibility index (Phi) is 4.21. The molecule has 1 aromatic rings. The summed E-state index contributed by atoms with van der Waals surface area (Å²) in [6, 6.07) is 4.32. The quantitative estimate of drug-likeness (QED) is 0.798. The molecule has 0 spiro atoms. The summed E-state index contributed by atoms with van der Waals surface area (Å²) >= 11 is 0. The second-order valence-corrected chi connectivity index (χ2v) is 6.00. The predicted octanol–water partition coefficient (Wildman–Crippen LogP) is 2.46. The highest BCUT2D eigenvalue weighted by Gasteiger charge is 2.43. The largest absolute Gasteiger partial charge is 0.508 e. The van der Waals surface area contributed by atoms with Gasteiger partial charge < -0.3 is 15.5 Å². The van der Waals surface area contributed by atoms with Gasteiger partial charge >= 0.3 is 5.97 Å². The standard InChI is InChI=1S/C16H21NO4/c1-10-6-7-11(9-12(10)18)14(19)17-13-5-3-4-8-16(13,2)15(20)21/h6-7,9,13,18H,3-5,8H2,1-2H3,(H,17,19)(H,20,21). The van der Waals surface area contributed by atoms with Crippen LogP contribution in [0.3, 0.4) is 0 Å². The van der Waals surface area contributed by atoms with Crippen LogP contribution in [0.1, 0.15) is 48.5 Å². The minimum Gasteiger partial charge on any atom is -0.508 e. The first-order chi connectivity index (χ1) is 9.84. The van der Waals surface area contributed by atoms with E-state index in [0.717, 1.165) is 12.8 Å². The summed E-state index contributed by atoms with van der Waals surface area (Å²) in [6.07, 6.45) is 2.99. The number of carbonyl (C=O) groups is 2.